The van der Waals surface area contributed by atoms with Gasteiger partial charge in [0.05, 0.1) is 14.2 Å². The highest BCUT2D eigenvalue weighted by Crippen LogP contribution is 2.25. The Morgan fingerprint density at radius 3 is 1.29 bits per heavy atom. The van der Waals surface area contributed by atoms with E-state index in [4.69, 9.17) is 0 Å². The normalized spacial score (nSPS) is 10.6. The van der Waals surface area contributed by atoms with Crippen molar-refractivity contribution in [1.29, 1.82) is 0 Å². The lowest BCUT2D eigenvalue weighted by Gasteiger charge is -2.08. The standard InChI is InChI=1S/C17H14F4O3/c1-23-16-12(18)5-9(6-13(16)19)3-11(22)4-10-7-14(20)17(24-2)15(21)8-10/h5-8H,3-4H2,1-2H3. The zero-order valence-electron chi connectivity index (χ0n) is 13.0. The van der Waals surface area contributed by atoms with Crippen molar-refractivity contribution >= 4 is 5.78 Å². The Labute approximate surface area is 135 Å². The molecule has 0 radical (unpaired) electrons. The van der Waals surface area contributed by atoms with E-state index < -0.39 is 40.6 Å². The highest BCUT2D eigenvalue weighted by Gasteiger charge is 2.16. The minimum atomic E-state index is -0.929. The molecule has 2 aromatic carbocycles. The van der Waals surface area contributed by atoms with E-state index in [1.807, 2.05) is 0 Å². The third kappa shape index (κ3) is 3.84. The minimum Gasteiger partial charge on any atom is -0.491 e. The number of carbonyl (C=O) groups is 1. The molecule has 0 amide bonds. The summed E-state index contributed by atoms with van der Waals surface area (Å²) in [5, 5.41) is 0. The summed E-state index contributed by atoms with van der Waals surface area (Å²) >= 11 is 0. The number of halogens is 4. The van der Waals surface area contributed by atoms with Gasteiger partial charge >= 0.3 is 0 Å². The number of hydrogen-bond donors (Lipinski definition) is 0. The van der Waals surface area contributed by atoms with Crippen LogP contribution in [0.15, 0.2) is 24.3 Å². The molecule has 0 aromatic heterocycles. The SMILES string of the molecule is COc1c(F)cc(CC(=O)Cc2cc(F)c(OC)c(F)c2)cc1F. The summed E-state index contributed by atoms with van der Waals surface area (Å²) in [6.45, 7) is 0. The summed E-state index contributed by atoms with van der Waals surface area (Å²) in [5.74, 6) is -5.24. The summed E-state index contributed by atoms with van der Waals surface area (Å²) < 4.78 is 63.5. The van der Waals surface area contributed by atoms with Crippen molar-refractivity contribution in [2.24, 2.45) is 0 Å². The van der Waals surface area contributed by atoms with Gasteiger partial charge in [-0.15, -0.1) is 0 Å². The van der Waals surface area contributed by atoms with E-state index in [1.54, 1.807) is 0 Å². The smallest absolute Gasteiger partial charge is 0.190 e. The molecule has 3 nitrogen and oxygen atoms in total. The zero-order chi connectivity index (χ0) is 17.9. The molecule has 0 N–H and O–H groups in total. The fourth-order valence-corrected chi connectivity index (χ4v) is 2.34. The van der Waals surface area contributed by atoms with Crippen LogP contribution in [-0.2, 0) is 17.6 Å². The van der Waals surface area contributed by atoms with Crippen LogP contribution in [0.2, 0.25) is 0 Å². The number of rotatable bonds is 6. The average molecular weight is 342 g/mol. The Kier molecular flexibility index (Phi) is 5.43. The average Bonchev–Trinajstić information content (AvgIpc) is 2.46. The van der Waals surface area contributed by atoms with Crippen LogP contribution in [0.5, 0.6) is 11.5 Å². The molecule has 2 aromatic rings. The summed E-state index contributed by atoms with van der Waals surface area (Å²) in [6.07, 6.45) is -0.569. The van der Waals surface area contributed by atoms with Crippen LogP contribution < -0.4 is 9.47 Å². The second-order valence-electron chi connectivity index (χ2n) is 5.08. The third-order valence-electron chi connectivity index (χ3n) is 3.33. The first-order valence-electron chi connectivity index (χ1n) is 6.91. The van der Waals surface area contributed by atoms with Crippen molar-refractivity contribution in [2.75, 3.05) is 14.2 Å². The second-order valence-corrected chi connectivity index (χ2v) is 5.08. The van der Waals surface area contributed by atoms with Crippen molar-refractivity contribution in [1.82, 2.24) is 0 Å². The number of methoxy groups -OCH3 is 2. The fraction of sp³-hybridized carbons (Fsp3) is 0.235. The zero-order valence-corrected chi connectivity index (χ0v) is 13.0. The van der Waals surface area contributed by atoms with Gasteiger partial charge in [0.25, 0.3) is 0 Å². The van der Waals surface area contributed by atoms with E-state index in [2.05, 4.69) is 9.47 Å². The quantitative estimate of drug-likeness (QED) is 0.753. The summed E-state index contributed by atoms with van der Waals surface area (Å²) in [4.78, 5) is 12.0. The lowest BCUT2D eigenvalue weighted by Crippen LogP contribution is -2.08. The summed E-state index contributed by atoms with van der Waals surface area (Å²) in [7, 11) is 2.25. The van der Waals surface area contributed by atoms with Crippen LogP contribution in [0.1, 0.15) is 11.1 Å². The molecule has 0 aliphatic heterocycles. The predicted molar refractivity (Wildman–Crippen MR) is 78.2 cm³/mol. The van der Waals surface area contributed by atoms with E-state index in [1.165, 1.54) is 0 Å². The number of ketones is 1. The van der Waals surface area contributed by atoms with E-state index in [0.29, 0.717) is 0 Å². The van der Waals surface area contributed by atoms with E-state index in [-0.39, 0.29) is 24.0 Å². The Balaban J connectivity index is 2.14. The van der Waals surface area contributed by atoms with Gasteiger partial charge in [0.15, 0.2) is 34.8 Å². The summed E-state index contributed by atoms with van der Waals surface area (Å²) in [5.41, 5.74) is 0.204. The van der Waals surface area contributed by atoms with Gasteiger partial charge in [-0.25, -0.2) is 17.6 Å². The highest BCUT2D eigenvalue weighted by molar-refractivity contribution is 5.83. The van der Waals surface area contributed by atoms with Crippen LogP contribution >= 0.6 is 0 Å². The Morgan fingerprint density at radius 2 is 1.04 bits per heavy atom. The van der Waals surface area contributed by atoms with Crippen LogP contribution in [0.4, 0.5) is 17.6 Å². The first-order valence-corrected chi connectivity index (χ1v) is 6.91. The molecule has 7 heteroatoms. The molecule has 0 atom stereocenters. The number of ether oxygens (including phenoxy) is 2. The van der Waals surface area contributed by atoms with Crippen molar-refractivity contribution in [3.05, 3.63) is 58.7 Å². The van der Waals surface area contributed by atoms with Gasteiger partial charge in [0, 0.05) is 12.8 Å². The Bertz CT molecular complexity index is 665. The third-order valence-corrected chi connectivity index (χ3v) is 3.33. The topological polar surface area (TPSA) is 35.5 Å². The van der Waals surface area contributed by atoms with Gasteiger partial charge in [-0.05, 0) is 35.4 Å². The van der Waals surface area contributed by atoms with Gasteiger partial charge in [-0.3, -0.25) is 4.79 Å². The van der Waals surface area contributed by atoms with Gasteiger partial charge in [-0.2, -0.15) is 0 Å². The molecule has 0 saturated carbocycles. The number of benzene rings is 2. The molecular weight excluding hydrogens is 328 g/mol. The molecule has 2 rings (SSSR count). The molecule has 0 bridgehead atoms. The number of Topliss-reactive ketones (excluding diaryl/α,β-unsaturated/α-hetero) is 1. The number of hydrogen-bond acceptors (Lipinski definition) is 3. The van der Waals surface area contributed by atoms with Crippen LogP contribution in [0.3, 0.4) is 0 Å². The molecule has 0 spiro atoms. The van der Waals surface area contributed by atoms with Crippen molar-refractivity contribution in [3.63, 3.8) is 0 Å². The van der Waals surface area contributed by atoms with Crippen molar-refractivity contribution < 1.29 is 31.8 Å². The molecule has 0 fully saturated rings. The van der Waals surface area contributed by atoms with Crippen LogP contribution in [0.25, 0.3) is 0 Å². The monoisotopic (exact) mass is 342 g/mol. The molecule has 0 saturated heterocycles. The minimum absolute atomic E-state index is 0.102. The maximum Gasteiger partial charge on any atom is 0.190 e. The largest absolute Gasteiger partial charge is 0.491 e. The molecule has 0 unspecified atom stereocenters. The molecule has 0 aliphatic carbocycles. The van der Waals surface area contributed by atoms with Gasteiger partial charge < -0.3 is 9.47 Å². The maximum atomic E-state index is 13.6. The summed E-state index contributed by atoms with van der Waals surface area (Å²) in [6, 6.07) is 3.92. The highest BCUT2D eigenvalue weighted by atomic mass is 19.1. The van der Waals surface area contributed by atoms with Crippen LogP contribution in [0, 0.1) is 23.3 Å². The first kappa shape index (κ1) is 17.8. The lowest BCUT2D eigenvalue weighted by atomic mass is 10.0. The molecular formula is C17H14F4O3. The van der Waals surface area contributed by atoms with Gasteiger partial charge in [0.2, 0.25) is 0 Å². The predicted octanol–water partition coefficient (Wildman–Crippen LogP) is 3.61. The fourth-order valence-electron chi connectivity index (χ4n) is 2.34. The first-order chi connectivity index (χ1) is 11.3. The number of carbonyl (C=O) groups excluding carboxylic acids is 1. The lowest BCUT2D eigenvalue weighted by molar-refractivity contribution is -0.117. The molecule has 0 heterocycles. The maximum absolute atomic E-state index is 13.6. The molecule has 0 aliphatic rings. The Morgan fingerprint density at radius 1 is 0.750 bits per heavy atom. The van der Waals surface area contributed by atoms with Gasteiger partial charge in [0.1, 0.15) is 5.78 Å². The van der Waals surface area contributed by atoms with E-state index in [0.717, 1.165) is 38.5 Å². The van der Waals surface area contributed by atoms with Crippen molar-refractivity contribution in [2.45, 2.75) is 12.8 Å². The van der Waals surface area contributed by atoms with Crippen LogP contribution in [-0.4, -0.2) is 20.0 Å². The van der Waals surface area contributed by atoms with Gasteiger partial charge in [-0.1, -0.05) is 0 Å². The molecule has 24 heavy (non-hydrogen) atoms. The molecule has 128 valence electrons. The second kappa shape index (κ2) is 7.33. The van der Waals surface area contributed by atoms with E-state index in [9.17, 15) is 22.4 Å². The van der Waals surface area contributed by atoms with E-state index >= 15 is 0 Å². The Hall–Kier alpha value is -2.57. The van der Waals surface area contributed by atoms with Crippen molar-refractivity contribution in [3.8, 4) is 11.5 Å².